The molecule has 0 bridgehead atoms. The van der Waals surface area contributed by atoms with Crippen LogP contribution >= 0.6 is 0 Å². The molecule has 2 aromatic rings. The third kappa shape index (κ3) is 4.58. The van der Waals surface area contributed by atoms with Crippen LogP contribution in [0, 0.1) is 0 Å². The Balaban J connectivity index is 1.96. The van der Waals surface area contributed by atoms with Crippen LogP contribution in [0.1, 0.15) is 43.5 Å². The van der Waals surface area contributed by atoms with Gasteiger partial charge in [-0.1, -0.05) is 0 Å². The number of aromatic nitrogens is 1. The fourth-order valence-electron chi connectivity index (χ4n) is 3.65. The second-order valence-electron chi connectivity index (χ2n) is 7.25. The van der Waals surface area contributed by atoms with Gasteiger partial charge in [-0.2, -0.15) is 4.31 Å². The van der Waals surface area contributed by atoms with E-state index in [-0.39, 0.29) is 15.8 Å². The van der Waals surface area contributed by atoms with Crippen molar-refractivity contribution in [2.24, 2.45) is 0 Å². The third-order valence-corrected chi connectivity index (χ3v) is 7.19. The first-order chi connectivity index (χ1) is 14.4. The quantitative estimate of drug-likeness (QED) is 0.607. The van der Waals surface area contributed by atoms with Gasteiger partial charge in [-0.15, -0.1) is 0 Å². The van der Waals surface area contributed by atoms with Crippen molar-refractivity contribution in [2.45, 2.75) is 44.6 Å². The van der Waals surface area contributed by atoms with Crippen molar-refractivity contribution in [3.63, 3.8) is 0 Å². The van der Waals surface area contributed by atoms with Crippen LogP contribution in [0.25, 0.3) is 10.9 Å². The second kappa shape index (κ2) is 9.72. The van der Waals surface area contributed by atoms with Crippen LogP contribution in [0.4, 0.5) is 0 Å². The molecule has 1 saturated heterocycles. The summed E-state index contributed by atoms with van der Waals surface area (Å²) in [6.07, 6.45) is 3.86. The van der Waals surface area contributed by atoms with Gasteiger partial charge in [0.25, 0.3) is 5.91 Å². The predicted molar refractivity (Wildman–Crippen MR) is 115 cm³/mol. The summed E-state index contributed by atoms with van der Waals surface area (Å²) in [4.78, 5) is 25.8. The van der Waals surface area contributed by atoms with Crippen molar-refractivity contribution in [1.82, 2.24) is 14.2 Å². The molecule has 1 amide bonds. The molecule has 3 rings (SSSR count). The van der Waals surface area contributed by atoms with Crippen LogP contribution in [0.5, 0.6) is 0 Å². The average molecular weight is 436 g/mol. The molecule has 0 unspecified atom stereocenters. The Morgan fingerprint density at radius 1 is 1.20 bits per heavy atom. The summed E-state index contributed by atoms with van der Waals surface area (Å²) >= 11 is 0. The van der Waals surface area contributed by atoms with Crippen LogP contribution in [0.3, 0.4) is 0 Å². The van der Waals surface area contributed by atoms with Gasteiger partial charge < -0.3 is 14.6 Å². The highest BCUT2D eigenvalue weighted by Crippen LogP contribution is 2.24. The number of rotatable bonds is 9. The Morgan fingerprint density at radius 2 is 1.93 bits per heavy atom. The highest BCUT2D eigenvalue weighted by molar-refractivity contribution is 7.89. The Bertz CT molecular complexity index is 1070. The second-order valence-corrected chi connectivity index (χ2v) is 9.19. The normalized spacial score (nSPS) is 15.0. The number of amides is 1. The molecule has 30 heavy (non-hydrogen) atoms. The summed E-state index contributed by atoms with van der Waals surface area (Å²) in [5.41, 5.74) is 0.155. The summed E-state index contributed by atoms with van der Waals surface area (Å²) in [7, 11) is -3.65. The maximum absolute atomic E-state index is 13.1. The number of nitrogens with one attached hydrogen (secondary N) is 1. The molecule has 1 aromatic carbocycles. The van der Waals surface area contributed by atoms with Crippen LogP contribution in [-0.2, 0) is 21.3 Å². The standard InChI is InChI=1S/C21H29N3O5S/c1-3-23-15-18(21(26)22-10-7-13-29-4-2)20(25)17-14-16(8-9-19(17)23)30(27,28)24-11-5-6-12-24/h8-9,14-15H,3-7,10-13H2,1-2H3,(H,22,26). The Labute approximate surface area is 176 Å². The van der Waals surface area contributed by atoms with E-state index in [2.05, 4.69) is 5.32 Å². The maximum atomic E-state index is 13.1. The molecule has 0 aliphatic carbocycles. The molecule has 1 fully saturated rings. The molecule has 164 valence electrons. The lowest BCUT2D eigenvalue weighted by molar-refractivity contribution is 0.0942. The zero-order valence-corrected chi connectivity index (χ0v) is 18.3. The number of carbonyl (C=O) groups excluding carboxylic acids is 1. The number of pyridine rings is 1. The fourth-order valence-corrected chi connectivity index (χ4v) is 5.20. The predicted octanol–water partition coefficient (Wildman–Crippen LogP) is 1.96. The molecule has 2 heterocycles. The van der Waals surface area contributed by atoms with E-state index in [0.29, 0.717) is 51.3 Å². The van der Waals surface area contributed by atoms with E-state index >= 15 is 0 Å². The van der Waals surface area contributed by atoms with E-state index in [9.17, 15) is 18.0 Å². The van der Waals surface area contributed by atoms with Gasteiger partial charge in [-0.3, -0.25) is 9.59 Å². The highest BCUT2D eigenvalue weighted by Gasteiger charge is 2.28. The average Bonchev–Trinajstić information content (AvgIpc) is 3.29. The van der Waals surface area contributed by atoms with Gasteiger partial charge in [0.2, 0.25) is 15.5 Å². The maximum Gasteiger partial charge on any atom is 0.256 e. The molecule has 1 aliphatic rings. The van der Waals surface area contributed by atoms with Crippen LogP contribution in [0.15, 0.2) is 34.1 Å². The van der Waals surface area contributed by atoms with Crippen molar-refractivity contribution in [3.8, 4) is 0 Å². The summed E-state index contributed by atoms with van der Waals surface area (Å²) < 4.78 is 34.3. The molecule has 1 aromatic heterocycles. The van der Waals surface area contributed by atoms with E-state index in [1.165, 1.54) is 22.6 Å². The fraction of sp³-hybridized carbons (Fsp3) is 0.524. The van der Waals surface area contributed by atoms with Crippen LogP contribution < -0.4 is 10.7 Å². The van der Waals surface area contributed by atoms with E-state index in [0.717, 1.165) is 12.8 Å². The number of carbonyl (C=O) groups is 1. The Kier molecular flexibility index (Phi) is 7.27. The van der Waals surface area contributed by atoms with E-state index in [1.807, 2.05) is 13.8 Å². The van der Waals surface area contributed by atoms with Crippen molar-refractivity contribution < 1.29 is 17.9 Å². The number of benzene rings is 1. The Morgan fingerprint density at radius 3 is 2.60 bits per heavy atom. The molecular formula is C21H29N3O5S. The highest BCUT2D eigenvalue weighted by atomic mass is 32.2. The molecule has 0 spiro atoms. The minimum absolute atomic E-state index is 0.0106. The van der Waals surface area contributed by atoms with Gasteiger partial charge >= 0.3 is 0 Å². The monoisotopic (exact) mass is 435 g/mol. The molecular weight excluding hydrogens is 406 g/mol. The topological polar surface area (TPSA) is 97.7 Å². The summed E-state index contributed by atoms with van der Waals surface area (Å²) in [5.74, 6) is -0.464. The van der Waals surface area contributed by atoms with Gasteiger partial charge in [-0.05, 0) is 51.3 Å². The third-order valence-electron chi connectivity index (χ3n) is 5.29. The van der Waals surface area contributed by atoms with E-state index < -0.39 is 21.4 Å². The van der Waals surface area contributed by atoms with Crippen molar-refractivity contribution in [3.05, 3.63) is 40.2 Å². The number of sulfonamides is 1. The summed E-state index contributed by atoms with van der Waals surface area (Å²) in [6, 6.07) is 4.59. The van der Waals surface area contributed by atoms with Crippen LogP contribution in [0.2, 0.25) is 0 Å². The number of hydrogen-bond acceptors (Lipinski definition) is 5. The van der Waals surface area contributed by atoms with Crippen molar-refractivity contribution in [2.75, 3.05) is 32.8 Å². The minimum atomic E-state index is -3.65. The lowest BCUT2D eigenvalue weighted by atomic mass is 10.1. The zero-order valence-electron chi connectivity index (χ0n) is 17.5. The van der Waals surface area contributed by atoms with Crippen LogP contribution in [-0.4, -0.2) is 56.0 Å². The van der Waals surface area contributed by atoms with E-state index in [1.54, 1.807) is 10.6 Å². The lowest BCUT2D eigenvalue weighted by Gasteiger charge is -2.17. The molecule has 0 saturated carbocycles. The van der Waals surface area contributed by atoms with E-state index in [4.69, 9.17) is 4.74 Å². The zero-order chi connectivity index (χ0) is 21.7. The number of hydrogen-bond donors (Lipinski definition) is 1. The largest absolute Gasteiger partial charge is 0.382 e. The van der Waals surface area contributed by atoms with Gasteiger partial charge in [0.15, 0.2) is 0 Å². The smallest absolute Gasteiger partial charge is 0.256 e. The Hall–Kier alpha value is -2.23. The molecule has 0 radical (unpaired) electrons. The summed E-state index contributed by atoms with van der Waals surface area (Å²) in [5, 5.41) is 2.98. The minimum Gasteiger partial charge on any atom is -0.382 e. The number of aryl methyl sites for hydroxylation is 1. The molecule has 8 nitrogen and oxygen atoms in total. The van der Waals surface area contributed by atoms with Crippen molar-refractivity contribution in [1.29, 1.82) is 0 Å². The van der Waals surface area contributed by atoms with Crippen molar-refractivity contribution >= 4 is 26.8 Å². The van der Waals surface area contributed by atoms with Gasteiger partial charge in [-0.25, -0.2) is 8.42 Å². The van der Waals surface area contributed by atoms with Gasteiger partial charge in [0, 0.05) is 51.0 Å². The molecule has 0 atom stereocenters. The number of nitrogens with zero attached hydrogens (tertiary/aromatic N) is 2. The first-order valence-electron chi connectivity index (χ1n) is 10.4. The lowest BCUT2D eigenvalue weighted by Crippen LogP contribution is -2.31. The first kappa shape index (κ1) is 22.5. The summed E-state index contributed by atoms with van der Waals surface area (Å²) in [6.45, 7) is 6.87. The first-order valence-corrected chi connectivity index (χ1v) is 11.9. The molecule has 9 heteroatoms. The molecule has 1 aliphatic heterocycles. The SMILES string of the molecule is CCOCCCNC(=O)c1cn(CC)c2ccc(S(=O)(=O)N3CCCC3)cc2c1=O. The number of fused-ring (bicyclic) bond motifs is 1. The molecule has 1 N–H and O–H groups in total. The van der Waals surface area contributed by atoms with Gasteiger partial charge in [0.1, 0.15) is 5.56 Å². The van der Waals surface area contributed by atoms with Gasteiger partial charge in [0.05, 0.1) is 10.4 Å². The number of ether oxygens (including phenoxy) is 1.